The van der Waals surface area contributed by atoms with E-state index in [2.05, 4.69) is 22.3 Å². The van der Waals surface area contributed by atoms with Crippen LogP contribution in [0.2, 0.25) is 0 Å². The Balaban J connectivity index is 0.00000282. The number of carbonyl (C=O) groups is 4. The van der Waals surface area contributed by atoms with Gasteiger partial charge in [0.25, 0.3) is 5.91 Å². The molecule has 0 spiro atoms. The molecule has 1 saturated heterocycles. The average molecular weight is 836 g/mol. The summed E-state index contributed by atoms with van der Waals surface area (Å²) >= 11 is 0. The van der Waals surface area contributed by atoms with Crippen LogP contribution in [0.1, 0.15) is 83.8 Å². The molecule has 7 rings (SSSR count). The van der Waals surface area contributed by atoms with Crippen molar-refractivity contribution >= 4 is 44.6 Å². The van der Waals surface area contributed by atoms with Gasteiger partial charge in [0.1, 0.15) is 35.1 Å². The van der Waals surface area contributed by atoms with Gasteiger partial charge in [-0.25, -0.2) is 18.2 Å². The molecule has 59 heavy (non-hydrogen) atoms. The minimum Gasteiger partial charge on any atom is -0.497 e. The SMILES string of the molecule is COc1ccc2c(O[C@@H]3C[C@H]4C(=O)N[C@]5(C(=O)NS(=O)(=O)C6CC6)C[C@H]5/C=C\CC[C@@H](C)C[C@@H](C)[C@H](NC(=O)OC(C)(C)C)C(=O)N4C3)nc(-c3ccccc3)cc2c1.[HH].[HH].[HH]. The van der Waals surface area contributed by atoms with Gasteiger partial charge in [0, 0.05) is 27.6 Å². The Morgan fingerprint density at radius 1 is 1.02 bits per heavy atom. The number of hydrogen-bond donors (Lipinski definition) is 3. The first-order valence-electron chi connectivity index (χ1n) is 20.5. The highest BCUT2D eigenvalue weighted by Gasteiger charge is 2.62. The minimum absolute atomic E-state index is 0. The third kappa shape index (κ3) is 9.50. The molecular weight excluding hydrogens is 775 g/mol. The van der Waals surface area contributed by atoms with Crippen LogP contribution in [0.15, 0.2) is 66.7 Å². The summed E-state index contributed by atoms with van der Waals surface area (Å²) in [6.45, 7) is 9.15. The summed E-state index contributed by atoms with van der Waals surface area (Å²) in [7, 11) is -2.33. The number of amides is 4. The summed E-state index contributed by atoms with van der Waals surface area (Å²) in [5, 5.41) is 6.61. The Labute approximate surface area is 350 Å². The van der Waals surface area contributed by atoms with E-state index in [9.17, 15) is 27.6 Å². The van der Waals surface area contributed by atoms with Gasteiger partial charge in [-0.2, -0.15) is 0 Å². The van der Waals surface area contributed by atoms with Crippen molar-refractivity contribution in [3.63, 3.8) is 0 Å². The van der Waals surface area contributed by atoms with E-state index in [1.165, 1.54) is 4.90 Å². The number of benzene rings is 2. The zero-order chi connectivity index (χ0) is 42.3. The van der Waals surface area contributed by atoms with Crippen LogP contribution in [0.3, 0.4) is 0 Å². The molecule has 0 radical (unpaired) electrons. The van der Waals surface area contributed by atoms with Gasteiger partial charge >= 0.3 is 6.09 Å². The van der Waals surface area contributed by atoms with Gasteiger partial charge in [-0.05, 0) is 101 Å². The van der Waals surface area contributed by atoms with Crippen molar-refractivity contribution in [3.05, 3.63) is 66.7 Å². The maximum absolute atomic E-state index is 14.9. The van der Waals surface area contributed by atoms with E-state index in [4.69, 9.17) is 19.2 Å². The van der Waals surface area contributed by atoms with Gasteiger partial charge in [-0.15, -0.1) is 0 Å². The summed E-state index contributed by atoms with van der Waals surface area (Å²) in [6, 6.07) is 14.9. The van der Waals surface area contributed by atoms with Gasteiger partial charge < -0.3 is 29.7 Å². The molecule has 0 bridgehead atoms. The fraction of sp³-hybridized carbons (Fsp3) is 0.523. The standard InChI is InChI=1S/C44H55N5O9S.3H2/c1-26-12-10-11-15-30-24-44(30,41(52)48-59(54,55)33-17-18-33)47-38(50)36-23-32(25-49(36)40(51)37(27(2)20-26)46-42(53)58-43(3,4)5)57-39-34-19-16-31(56-6)21-29(34)22-35(45-39)28-13-8-7-9-14-28;;;/h7-9,11,13-16,19,21-22,26-27,30,32-33,36-37H,10,12,17-18,20,23-25H2,1-6H3,(H,46,53)(H,47,50)(H,48,52);3*1H/b15-11-;;;/t26-,27-,30-,32-,36+,37+,44-;;;/m1.../s1. The lowest BCUT2D eigenvalue weighted by Crippen LogP contribution is -2.59. The highest BCUT2D eigenvalue weighted by atomic mass is 32.2. The predicted molar refractivity (Wildman–Crippen MR) is 228 cm³/mol. The Kier molecular flexibility index (Phi) is 11.7. The lowest BCUT2D eigenvalue weighted by Gasteiger charge is -2.33. The largest absolute Gasteiger partial charge is 0.497 e. The van der Waals surface area contributed by atoms with Crippen molar-refractivity contribution in [1.82, 2.24) is 25.2 Å². The summed E-state index contributed by atoms with van der Waals surface area (Å²) in [4.78, 5) is 63.1. The zero-order valence-electron chi connectivity index (χ0n) is 34.5. The fourth-order valence-corrected chi connectivity index (χ4v) is 9.63. The molecule has 3 fully saturated rings. The molecule has 2 aliphatic heterocycles. The van der Waals surface area contributed by atoms with Gasteiger partial charge in [0.2, 0.25) is 27.7 Å². The van der Waals surface area contributed by atoms with E-state index < -0.39 is 74.3 Å². The van der Waals surface area contributed by atoms with Gasteiger partial charge in [0.15, 0.2) is 0 Å². The molecule has 3 heterocycles. The minimum atomic E-state index is -3.92. The third-order valence-corrected chi connectivity index (χ3v) is 13.5. The van der Waals surface area contributed by atoms with Crippen LogP contribution in [-0.4, -0.2) is 90.3 Å². The second kappa shape index (κ2) is 16.5. The van der Waals surface area contributed by atoms with E-state index in [-0.39, 0.29) is 35.5 Å². The molecule has 0 unspecified atom stereocenters. The normalized spacial score (nSPS) is 28.2. The molecule has 15 heteroatoms. The van der Waals surface area contributed by atoms with Crippen molar-refractivity contribution in [2.24, 2.45) is 17.8 Å². The zero-order valence-corrected chi connectivity index (χ0v) is 35.3. The highest BCUT2D eigenvalue weighted by molar-refractivity contribution is 7.91. The van der Waals surface area contributed by atoms with Gasteiger partial charge in [-0.3, -0.25) is 19.1 Å². The first-order chi connectivity index (χ1) is 28.0. The van der Waals surface area contributed by atoms with E-state index in [1.54, 1.807) is 33.9 Å². The lowest BCUT2D eigenvalue weighted by atomic mass is 9.88. The molecule has 3 N–H and O–H groups in total. The van der Waals surface area contributed by atoms with Crippen molar-refractivity contribution in [2.45, 2.75) is 114 Å². The number of nitrogens with one attached hydrogen (secondary N) is 3. The first kappa shape index (κ1) is 42.0. The molecule has 14 nitrogen and oxygen atoms in total. The predicted octanol–water partition coefficient (Wildman–Crippen LogP) is 6.39. The third-order valence-electron chi connectivity index (χ3n) is 11.6. The van der Waals surface area contributed by atoms with Crippen LogP contribution in [0, 0.1) is 17.8 Å². The summed E-state index contributed by atoms with van der Waals surface area (Å²) in [5.41, 5.74) is -0.858. The summed E-state index contributed by atoms with van der Waals surface area (Å²) in [6.07, 6.45) is 5.50. The van der Waals surface area contributed by atoms with Crippen molar-refractivity contribution in [1.29, 1.82) is 0 Å². The van der Waals surface area contributed by atoms with Crippen LogP contribution >= 0.6 is 0 Å². The Morgan fingerprint density at radius 2 is 1.76 bits per heavy atom. The number of alkyl carbamates (subject to hydrolysis) is 1. The van der Waals surface area contributed by atoms with Crippen LogP contribution in [0.4, 0.5) is 4.79 Å². The number of fused-ring (bicyclic) bond motifs is 3. The Morgan fingerprint density at radius 3 is 2.46 bits per heavy atom. The number of rotatable bonds is 8. The smallest absolute Gasteiger partial charge is 0.408 e. The fourth-order valence-electron chi connectivity index (χ4n) is 8.27. The first-order valence-corrected chi connectivity index (χ1v) is 22.1. The van der Waals surface area contributed by atoms with Crippen LogP contribution in [0.25, 0.3) is 22.0 Å². The van der Waals surface area contributed by atoms with Crippen LogP contribution < -0.4 is 24.8 Å². The average Bonchev–Trinajstić information content (AvgIpc) is 4.11. The molecular formula is C44H61N5O9S. The highest BCUT2D eigenvalue weighted by Crippen LogP contribution is 2.46. The second-order valence-corrected chi connectivity index (χ2v) is 19.6. The molecule has 1 aromatic heterocycles. The molecule has 4 amide bonds. The molecule has 3 aromatic rings. The summed E-state index contributed by atoms with van der Waals surface area (Å²) < 4.78 is 46.0. The molecule has 2 saturated carbocycles. The molecule has 7 atom stereocenters. The number of allylic oxidation sites excluding steroid dienone is 1. The van der Waals surface area contributed by atoms with Crippen LogP contribution in [-0.2, 0) is 29.1 Å². The monoisotopic (exact) mass is 835 g/mol. The van der Waals surface area contributed by atoms with Crippen molar-refractivity contribution in [3.8, 4) is 22.9 Å². The summed E-state index contributed by atoms with van der Waals surface area (Å²) in [5.74, 6) is -1.65. The number of hydrogen-bond acceptors (Lipinski definition) is 10. The van der Waals surface area contributed by atoms with E-state index in [0.717, 1.165) is 17.4 Å². The number of methoxy groups -OCH3 is 1. The topological polar surface area (TPSA) is 182 Å². The van der Waals surface area contributed by atoms with E-state index in [1.807, 2.05) is 67.6 Å². The van der Waals surface area contributed by atoms with E-state index >= 15 is 0 Å². The van der Waals surface area contributed by atoms with Gasteiger partial charge in [0.05, 0.1) is 24.6 Å². The molecule has 2 aliphatic carbocycles. The van der Waals surface area contributed by atoms with Crippen LogP contribution in [0.5, 0.6) is 11.6 Å². The number of sulfonamides is 1. The number of nitrogens with zero attached hydrogens (tertiary/aromatic N) is 2. The van der Waals surface area contributed by atoms with Crippen molar-refractivity contribution in [2.75, 3.05) is 13.7 Å². The number of carbonyl (C=O) groups excluding carboxylic acids is 4. The quantitative estimate of drug-likeness (QED) is 0.215. The maximum Gasteiger partial charge on any atom is 0.408 e. The maximum atomic E-state index is 14.9. The molecule has 2 aromatic carbocycles. The Bertz CT molecular complexity index is 2260. The number of ether oxygens (including phenoxy) is 3. The number of pyridine rings is 1. The molecule has 322 valence electrons. The second-order valence-electron chi connectivity index (χ2n) is 17.6. The Hall–Kier alpha value is -5.18. The van der Waals surface area contributed by atoms with Crippen molar-refractivity contribution < 1.29 is 46.1 Å². The number of aromatic nitrogens is 1. The molecule has 4 aliphatic rings. The lowest BCUT2D eigenvalue weighted by molar-refractivity contribution is -0.142. The van der Waals surface area contributed by atoms with Gasteiger partial charge in [-0.1, -0.05) is 56.3 Å². The van der Waals surface area contributed by atoms with E-state index in [0.29, 0.717) is 48.4 Å².